The Morgan fingerprint density at radius 3 is 1.95 bits per heavy atom. The van der Waals surface area contributed by atoms with E-state index >= 15 is 0 Å². The van der Waals surface area contributed by atoms with Gasteiger partial charge < -0.3 is 16.0 Å². The van der Waals surface area contributed by atoms with Crippen molar-refractivity contribution in [2.45, 2.75) is 65.1 Å². The SMILES string of the molecule is CC(C)N(CCNC(=O)CCC(Cc1ccccc1)NC(=O)Nc1ccc(-c2ccccc2)cc1)C(C)C. The predicted octanol–water partition coefficient (Wildman–Crippen LogP) is 6.10. The molecule has 3 aromatic rings. The molecule has 0 fully saturated rings. The summed E-state index contributed by atoms with van der Waals surface area (Å²) in [6, 6.07) is 28.4. The zero-order chi connectivity index (χ0) is 27.3. The highest BCUT2D eigenvalue weighted by atomic mass is 16.2. The minimum atomic E-state index is -0.275. The van der Waals surface area contributed by atoms with Gasteiger partial charge in [0.05, 0.1) is 0 Å². The highest BCUT2D eigenvalue weighted by Crippen LogP contribution is 2.21. The monoisotopic (exact) mass is 514 g/mol. The maximum atomic E-state index is 12.9. The third kappa shape index (κ3) is 9.67. The van der Waals surface area contributed by atoms with Crippen LogP contribution in [-0.4, -0.2) is 48.1 Å². The summed E-state index contributed by atoms with van der Waals surface area (Å²) in [5.41, 5.74) is 4.06. The lowest BCUT2D eigenvalue weighted by molar-refractivity contribution is -0.121. The van der Waals surface area contributed by atoms with Crippen molar-refractivity contribution in [2.24, 2.45) is 0 Å². The largest absolute Gasteiger partial charge is 0.355 e. The number of anilines is 1. The molecule has 0 spiro atoms. The molecule has 1 atom stereocenters. The number of amides is 3. The van der Waals surface area contributed by atoms with Crippen LogP contribution in [0.1, 0.15) is 46.1 Å². The average molecular weight is 515 g/mol. The van der Waals surface area contributed by atoms with Crippen LogP contribution in [0.3, 0.4) is 0 Å². The van der Waals surface area contributed by atoms with Gasteiger partial charge in [-0.3, -0.25) is 9.69 Å². The molecule has 0 aromatic heterocycles. The summed E-state index contributed by atoms with van der Waals surface area (Å²) in [7, 11) is 0. The van der Waals surface area contributed by atoms with Crippen LogP contribution in [-0.2, 0) is 11.2 Å². The number of urea groups is 1. The maximum absolute atomic E-state index is 12.9. The van der Waals surface area contributed by atoms with Gasteiger partial charge in [-0.2, -0.15) is 0 Å². The molecular formula is C32H42N4O2. The number of nitrogens with one attached hydrogen (secondary N) is 3. The van der Waals surface area contributed by atoms with Crippen molar-refractivity contribution in [2.75, 3.05) is 18.4 Å². The highest BCUT2D eigenvalue weighted by molar-refractivity contribution is 5.89. The van der Waals surface area contributed by atoms with Gasteiger partial charge in [0.15, 0.2) is 0 Å². The van der Waals surface area contributed by atoms with Crippen molar-refractivity contribution in [3.63, 3.8) is 0 Å². The number of hydrogen-bond acceptors (Lipinski definition) is 3. The van der Waals surface area contributed by atoms with Crippen molar-refractivity contribution >= 4 is 17.6 Å². The summed E-state index contributed by atoms with van der Waals surface area (Å²) in [6.45, 7) is 10.1. The molecule has 0 bridgehead atoms. The van der Waals surface area contributed by atoms with Crippen molar-refractivity contribution in [3.8, 4) is 11.1 Å². The molecule has 3 amide bonds. The Bertz CT molecular complexity index is 1110. The molecule has 0 aliphatic carbocycles. The summed E-state index contributed by atoms with van der Waals surface area (Å²) in [5, 5.41) is 9.06. The molecule has 0 saturated heterocycles. The van der Waals surface area contributed by atoms with Crippen molar-refractivity contribution < 1.29 is 9.59 Å². The number of carbonyl (C=O) groups is 2. The van der Waals surface area contributed by atoms with Crippen molar-refractivity contribution in [1.82, 2.24) is 15.5 Å². The molecule has 0 aliphatic rings. The number of rotatable bonds is 13. The first-order valence-electron chi connectivity index (χ1n) is 13.6. The minimum Gasteiger partial charge on any atom is -0.355 e. The van der Waals surface area contributed by atoms with E-state index in [-0.39, 0.29) is 18.0 Å². The first-order chi connectivity index (χ1) is 18.3. The molecule has 6 nitrogen and oxygen atoms in total. The Hall–Kier alpha value is -3.64. The second-order valence-electron chi connectivity index (χ2n) is 10.2. The fourth-order valence-electron chi connectivity index (χ4n) is 4.68. The van der Waals surface area contributed by atoms with Crippen LogP contribution in [0.2, 0.25) is 0 Å². The normalized spacial score (nSPS) is 12.0. The van der Waals surface area contributed by atoms with Crippen LogP contribution in [0, 0.1) is 0 Å². The van der Waals surface area contributed by atoms with Gasteiger partial charge in [0, 0.05) is 43.3 Å². The van der Waals surface area contributed by atoms with E-state index in [1.807, 2.05) is 72.8 Å². The maximum Gasteiger partial charge on any atom is 0.319 e. The lowest BCUT2D eigenvalue weighted by atomic mass is 10.0. The molecule has 0 radical (unpaired) electrons. The van der Waals surface area contributed by atoms with E-state index in [0.717, 1.165) is 28.9 Å². The number of carbonyl (C=O) groups excluding carboxylic acids is 2. The van der Waals surface area contributed by atoms with Gasteiger partial charge in [-0.25, -0.2) is 4.79 Å². The summed E-state index contributed by atoms with van der Waals surface area (Å²) >= 11 is 0. The van der Waals surface area contributed by atoms with Crippen molar-refractivity contribution in [3.05, 3.63) is 90.5 Å². The average Bonchev–Trinajstić information content (AvgIpc) is 2.91. The van der Waals surface area contributed by atoms with Gasteiger partial charge in [-0.05, 0) is 69.4 Å². The van der Waals surface area contributed by atoms with Crippen LogP contribution in [0.15, 0.2) is 84.9 Å². The van der Waals surface area contributed by atoms with Gasteiger partial charge in [-0.1, -0.05) is 72.8 Å². The van der Waals surface area contributed by atoms with Gasteiger partial charge in [0.1, 0.15) is 0 Å². The Morgan fingerprint density at radius 2 is 1.34 bits per heavy atom. The topological polar surface area (TPSA) is 73.5 Å². The zero-order valence-corrected chi connectivity index (χ0v) is 23.1. The van der Waals surface area contributed by atoms with Crippen LogP contribution >= 0.6 is 0 Å². The first-order valence-corrected chi connectivity index (χ1v) is 13.6. The molecule has 0 aliphatic heterocycles. The Kier molecular flexibility index (Phi) is 11.4. The van der Waals surface area contributed by atoms with Crippen LogP contribution < -0.4 is 16.0 Å². The summed E-state index contributed by atoms with van der Waals surface area (Å²) < 4.78 is 0. The molecule has 202 valence electrons. The van der Waals surface area contributed by atoms with Gasteiger partial charge in [0.2, 0.25) is 5.91 Å². The van der Waals surface area contributed by atoms with E-state index in [1.165, 1.54) is 0 Å². The van der Waals surface area contributed by atoms with E-state index in [4.69, 9.17) is 0 Å². The molecule has 3 aromatic carbocycles. The third-order valence-corrected chi connectivity index (χ3v) is 6.65. The molecule has 0 heterocycles. The zero-order valence-electron chi connectivity index (χ0n) is 23.1. The quantitative estimate of drug-likeness (QED) is 0.258. The van der Waals surface area contributed by atoms with E-state index in [1.54, 1.807) is 0 Å². The van der Waals surface area contributed by atoms with E-state index in [0.29, 0.717) is 37.9 Å². The van der Waals surface area contributed by atoms with E-state index < -0.39 is 0 Å². The number of nitrogens with zero attached hydrogens (tertiary/aromatic N) is 1. The van der Waals surface area contributed by atoms with Crippen LogP contribution in [0.5, 0.6) is 0 Å². The minimum absolute atomic E-state index is 0.00855. The second-order valence-corrected chi connectivity index (χ2v) is 10.2. The molecular weight excluding hydrogens is 472 g/mol. The Balaban J connectivity index is 1.54. The Labute approximate surface area is 227 Å². The Morgan fingerprint density at radius 1 is 0.763 bits per heavy atom. The predicted molar refractivity (Wildman–Crippen MR) is 157 cm³/mol. The number of hydrogen-bond donors (Lipinski definition) is 3. The lowest BCUT2D eigenvalue weighted by Crippen LogP contribution is -2.43. The first kappa shape index (κ1) is 28.9. The summed E-state index contributed by atoms with van der Waals surface area (Å²) in [4.78, 5) is 27.8. The molecule has 0 saturated carbocycles. The number of benzene rings is 3. The smallest absolute Gasteiger partial charge is 0.319 e. The van der Waals surface area contributed by atoms with Crippen LogP contribution in [0.25, 0.3) is 11.1 Å². The summed E-state index contributed by atoms with van der Waals surface area (Å²) in [5.74, 6) is 0.00855. The van der Waals surface area contributed by atoms with E-state index in [9.17, 15) is 9.59 Å². The molecule has 1 unspecified atom stereocenters. The van der Waals surface area contributed by atoms with E-state index in [2.05, 4.69) is 60.7 Å². The summed E-state index contributed by atoms with van der Waals surface area (Å²) in [6.07, 6.45) is 1.56. The molecule has 38 heavy (non-hydrogen) atoms. The van der Waals surface area contributed by atoms with Gasteiger partial charge in [0.25, 0.3) is 0 Å². The third-order valence-electron chi connectivity index (χ3n) is 6.65. The molecule has 6 heteroatoms. The van der Waals surface area contributed by atoms with Gasteiger partial charge >= 0.3 is 6.03 Å². The fourth-order valence-corrected chi connectivity index (χ4v) is 4.68. The highest BCUT2D eigenvalue weighted by Gasteiger charge is 2.17. The standard InChI is InChI=1S/C32H42N4O2/c1-24(2)36(25(3)4)22-21-33-31(37)20-19-30(23-26-11-7-5-8-12-26)35-32(38)34-29-17-15-28(16-18-29)27-13-9-6-10-14-27/h5-18,24-25,30H,19-23H2,1-4H3,(H,33,37)(H2,34,35,38). The lowest BCUT2D eigenvalue weighted by Gasteiger charge is -2.30. The molecule has 3 N–H and O–H groups in total. The second kappa shape index (κ2) is 14.9. The molecule has 3 rings (SSSR count). The van der Waals surface area contributed by atoms with Crippen molar-refractivity contribution in [1.29, 1.82) is 0 Å². The fraction of sp³-hybridized carbons (Fsp3) is 0.375. The van der Waals surface area contributed by atoms with Gasteiger partial charge in [-0.15, -0.1) is 0 Å². The van der Waals surface area contributed by atoms with Crippen LogP contribution in [0.4, 0.5) is 10.5 Å².